The van der Waals surface area contributed by atoms with Crippen molar-refractivity contribution in [2.24, 2.45) is 5.92 Å². The van der Waals surface area contributed by atoms with Gasteiger partial charge < -0.3 is 0 Å². The van der Waals surface area contributed by atoms with Crippen molar-refractivity contribution < 1.29 is 9.59 Å². The average molecular weight is 363 g/mol. The van der Waals surface area contributed by atoms with Crippen LogP contribution >= 0.6 is 11.6 Å². The highest BCUT2D eigenvalue weighted by Gasteiger charge is 2.34. The SMILES string of the molecule is C[C@@H](c1ccccc1Cl)C(C(=O)c1ccccc1)C(=O)c1ccccc1. The molecule has 0 saturated heterocycles. The Kier molecular flexibility index (Phi) is 5.65. The summed E-state index contributed by atoms with van der Waals surface area (Å²) in [6.07, 6.45) is 0. The monoisotopic (exact) mass is 362 g/mol. The fraction of sp³-hybridized carbons (Fsp3) is 0.130. The second-order valence-electron chi connectivity index (χ2n) is 6.25. The van der Waals surface area contributed by atoms with E-state index in [1.807, 2.05) is 37.3 Å². The quantitative estimate of drug-likeness (QED) is 0.408. The highest BCUT2D eigenvalue weighted by atomic mass is 35.5. The van der Waals surface area contributed by atoms with Gasteiger partial charge in [-0.25, -0.2) is 0 Å². The maximum atomic E-state index is 13.2. The number of ketones is 2. The van der Waals surface area contributed by atoms with E-state index >= 15 is 0 Å². The van der Waals surface area contributed by atoms with E-state index in [0.29, 0.717) is 16.1 Å². The molecule has 0 bridgehead atoms. The highest BCUT2D eigenvalue weighted by molar-refractivity contribution is 6.31. The van der Waals surface area contributed by atoms with E-state index in [9.17, 15) is 9.59 Å². The maximum Gasteiger partial charge on any atom is 0.174 e. The van der Waals surface area contributed by atoms with Gasteiger partial charge in [-0.3, -0.25) is 9.59 Å². The molecule has 2 nitrogen and oxygen atoms in total. The standard InChI is InChI=1S/C23H19ClO2/c1-16(19-14-8-9-15-20(19)24)21(22(25)17-10-4-2-5-11-17)23(26)18-12-6-3-7-13-18/h2-16,21H,1H3/t16-/m0/s1. The number of carbonyl (C=O) groups excluding carboxylic acids is 2. The first-order chi connectivity index (χ1) is 12.6. The molecule has 3 aromatic carbocycles. The summed E-state index contributed by atoms with van der Waals surface area (Å²) >= 11 is 6.34. The molecule has 0 N–H and O–H groups in total. The van der Waals surface area contributed by atoms with Crippen LogP contribution < -0.4 is 0 Å². The minimum atomic E-state index is -0.834. The molecule has 3 aromatic rings. The lowest BCUT2D eigenvalue weighted by Crippen LogP contribution is -2.29. The van der Waals surface area contributed by atoms with Crippen molar-refractivity contribution >= 4 is 23.2 Å². The molecule has 0 aliphatic rings. The Balaban J connectivity index is 2.06. The van der Waals surface area contributed by atoms with E-state index in [0.717, 1.165) is 5.56 Å². The first-order valence-corrected chi connectivity index (χ1v) is 8.90. The minimum Gasteiger partial charge on any atom is -0.293 e. The van der Waals surface area contributed by atoms with Crippen molar-refractivity contribution in [3.63, 3.8) is 0 Å². The van der Waals surface area contributed by atoms with Crippen molar-refractivity contribution in [2.75, 3.05) is 0 Å². The van der Waals surface area contributed by atoms with Gasteiger partial charge in [-0.05, 0) is 17.5 Å². The summed E-state index contributed by atoms with van der Waals surface area (Å²) in [5, 5.41) is 0.562. The molecule has 130 valence electrons. The number of halogens is 1. The number of carbonyl (C=O) groups is 2. The highest BCUT2D eigenvalue weighted by Crippen LogP contribution is 2.34. The molecule has 1 atom stereocenters. The minimum absolute atomic E-state index is 0.188. The largest absolute Gasteiger partial charge is 0.293 e. The summed E-state index contributed by atoms with van der Waals surface area (Å²) in [6, 6.07) is 25.2. The Labute approximate surface area is 158 Å². The number of Topliss-reactive ketones (excluding diaryl/α,β-unsaturated/α-hetero) is 2. The predicted octanol–water partition coefficient (Wildman–Crippen LogP) is 5.83. The molecule has 0 saturated carbocycles. The smallest absolute Gasteiger partial charge is 0.174 e. The number of benzene rings is 3. The first-order valence-electron chi connectivity index (χ1n) is 8.52. The molecule has 0 spiro atoms. The Bertz CT molecular complexity index is 852. The van der Waals surface area contributed by atoms with Crippen LogP contribution in [0.4, 0.5) is 0 Å². The van der Waals surface area contributed by atoms with Crippen LogP contribution in [0.5, 0.6) is 0 Å². The zero-order valence-corrected chi connectivity index (χ0v) is 15.2. The van der Waals surface area contributed by atoms with Crippen molar-refractivity contribution in [3.05, 3.63) is 107 Å². The fourth-order valence-electron chi connectivity index (χ4n) is 3.16. The zero-order valence-electron chi connectivity index (χ0n) is 14.4. The average Bonchev–Trinajstić information content (AvgIpc) is 2.69. The topological polar surface area (TPSA) is 34.1 Å². The molecular formula is C23H19ClO2. The van der Waals surface area contributed by atoms with Crippen molar-refractivity contribution in [1.82, 2.24) is 0 Å². The molecule has 0 aliphatic heterocycles. The molecule has 3 rings (SSSR count). The lowest BCUT2D eigenvalue weighted by atomic mass is 9.78. The van der Waals surface area contributed by atoms with Gasteiger partial charge in [0.25, 0.3) is 0 Å². The Hall–Kier alpha value is -2.71. The first kappa shape index (κ1) is 18.1. The molecule has 0 aliphatic carbocycles. The Morgan fingerprint density at radius 2 is 1.12 bits per heavy atom. The van der Waals surface area contributed by atoms with Gasteiger partial charge in [0.05, 0.1) is 5.92 Å². The fourth-order valence-corrected chi connectivity index (χ4v) is 3.47. The van der Waals surface area contributed by atoms with E-state index in [2.05, 4.69) is 0 Å². The Morgan fingerprint density at radius 3 is 1.58 bits per heavy atom. The molecule has 0 heterocycles. The van der Waals surface area contributed by atoms with Gasteiger partial charge in [-0.15, -0.1) is 0 Å². The van der Waals surface area contributed by atoms with Gasteiger partial charge in [-0.2, -0.15) is 0 Å². The van der Waals surface area contributed by atoms with Gasteiger partial charge in [0.2, 0.25) is 0 Å². The maximum absolute atomic E-state index is 13.2. The summed E-state index contributed by atoms with van der Waals surface area (Å²) in [7, 11) is 0. The van der Waals surface area contributed by atoms with E-state index in [-0.39, 0.29) is 17.5 Å². The summed E-state index contributed by atoms with van der Waals surface area (Å²) < 4.78 is 0. The van der Waals surface area contributed by atoms with Crippen LogP contribution in [0.2, 0.25) is 5.02 Å². The van der Waals surface area contributed by atoms with Crippen LogP contribution in [0.3, 0.4) is 0 Å². The van der Waals surface area contributed by atoms with Crippen LogP contribution in [-0.4, -0.2) is 11.6 Å². The summed E-state index contributed by atoms with van der Waals surface area (Å²) in [4.78, 5) is 26.4. The van der Waals surface area contributed by atoms with Crippen LogP contribution in [0, 0.1) is 5.92 Å². The second-order valence-corrected chi connectivity index (χ2v) is 6.66. The third-order valence-corrected chi connectivity index (χ3v) is 4.92. The third-order valence-electron chi connectivity index (χ3n) is 4.58. The molecular weight excluding hydrogens is 344 g/mol. The molecule has 3 heteroatoms. The Morgan fingerprint density at radius 1 is 0.692 bits per heavy atom. The van der Waals surface area contributed by atoms with Crippen LogP contribution in [0.1, 0.15) is 39.1 Å². The molecule has 0 fully saturated rings. The molecule has 0 amide bonds. The summed E-state index contributed by atoms with van der Waals surface area (Å²) in [6.45, 7) is 1.88. The molecule has 0 unspecified atom stereocenters. The molecule has 26 heavy (non-hydrogen) atoms. The number of rotatable bonds is 6. The number of hydrogen-bond donors (Lipinski definition) is 0. The zero-order chi connectivity index (χ0) is 18.5. The normalized spacial score (nSPS) is 12.0. The van der Waals surface area contributed by atoms with E-state index in [1.165, 1.54) is 0 Å². The van der Waals surface area contributed by atoms with Crippen LogP contribution in [0.15, 0.2) is 84.9 Å². The summed E-state index contributed by atoms with van der Waals surface area (Å²) in [5.41, 5.74) is 1.86. The number of hydrogen-bond acceptors (Lipinski definition) is 2. The van der Waals surface area contributed by atoms with Gasteiger partial charge in [0, 0.05) is 16.1 Å². The predicted molar refractivity (Wildman–Crippen MR) is 105 cm³/mol. The second kappa shape index (κ2) is 8.11. The van der Waals surface area contributed by atoms with E-state index in [4.69, 9.17) is 11.6 Å². The lowest BCUT2D eigenvalue weighted by molar-refractivity contribution is 0.0788. The summed E-state index contributed by atoms with van der Waals surface area (Å²) in [5.74, 6) is -1.55. The van der Waals surface area contributed by atoms with E-state index < -0.39 is 5.92 Å². The van der Waals surface area contributed by atoms with Gasteiger partial charge in [0.1, 0.15) is 0 Å². The van der Waals surface area contributed by atoms with Gasteiger partial charge in [0.15, 0.2) is 11.6 Å². The van der Waals surface area contributed by atoms with E-state index in [1.54, 1.807) is 54.6 Å². The van der Waals surface area contributed by atoms with Crippen LogP contribution in [-0.2, 0) is 0 Å². The van der Waals surface area contributed by atoms with Crippen molar-refractivity contribution in [1.29, 1.82) is 0 Å². The molecule has 0 radical (unpaired) electrons. The van der Waals surface area contributed by atoms with Crippen LogP contribution in [0.25, 0.3) is 0 Å². The molecule has 0 aromatic heterocycles. The third kappa shape index (κ3) is 3.76. The lowest BCUT2D eigenvalue weighted by Gasteiger charge is -2.23. The van der Waals surface area contributed by atoms with Gasteiger partial charge in [-0.1, -0.05) is 97.4 Å². The van der Waals surface area contributed by atoms with Gasteiger partial charge >= 0.3 is 0 Å². The van der Waals surface area contributed by atoms with Crippen molar-refractivity contribution in [3.8, 4) is 0 Å². The van der Waals surface area contributed by atoms with Crippen molar-refractivity contribution in [2.45, 2.75) is 12.8 Å².